The molecule has 0 fully saturated rings. The van der Waals surface area contributed by atoms with Crippen LogP contribution in [0.2, 0.25) is 0 Å². The molecule has 4 heteroatoms. The average Bonchev–Trinajstić information content (AvgIpc) is 2.37. The summed E-state index contributed by atoms with van der Waals surface area (Å²) in [5.74, 6) is -0.870. The quantitative estimate of drug-likeness (QED) is 0.526. The Hall–Kier alpha value is -1.06. The maximum absolute atomic E-state index is 10.4. The molecule has 0 aromatic rings. The molecule has 0 radical (unpaired) electrons. The number of primary amides is 1. The zero-order valence-corrected chi connectivity index (χ0v) is 13.3. The summed E-state index contributed by atoms with van der Waals surface area (Å²) in [6.07, 6.45) is 13.1. The van der Waals surface area contributed by atoms with Gasteiger partial charge in [0, 0.05) is 12.8 Å². The zero-order valence-electron chi connectivity index (χ0n) is 13.3. The predicted molar refractivity (Wildman–Crippen MR) is 83.6 cm³/mol. The lowest BCUT2D eigenvalue weighted by Crippen LogP contribution is -2.09. The fraction of sp³-hybridized carbons (Fsp3) is 0.875. The van der Waals surface area contributed by atoms with Gasteiger partial charge in [-0.05, 0) is 12.8 Å². The summed E-state index contributed by atoms with van der Waals surface area (Å²) in [5, 5.41) is 7.91. The van der Waals surface area contributed by atoms with Gasteiger partial charge in [0.2, 0.25) is 5.91 Å². The van der Waals surface area contributed by atoms with Crippen molar-refractivity contribution in [2.45, 2.75) is 90.9 Å². The van der Waals surface area contributed by atoms with E-state index in [0.29, 0.717) is 12.8 Å². The molecular weight excluding hydrogens is 254 g/mol. The average molecular weight is 287 g/mol. The Kier molecular flexibility index (Phi) is 19.1. The second-order valence-electron chi connectivity index (χ2n) is 5.19. The lowest BCUT2D eigenvalue weighted by molar-refractivity contribution is -0.137. The first kappa shape index (κ1) is 21.2. The molecule has 120 valence electrons. The first-order valence-electron chi connectivity index (χ1n) is 8.04. The molecular formula is C16H33NO3. The Morgan fingerprint density at radius 2 is 1.20 bits per heavy atom. The first-order chi connectivity index (χ1) is 9.54. The van der Waals surface area contributed by atoms with Crippen LogP contribution in [0, 0.1) is 0 Å². The van der Waals surface area contributed by atoms with E-state index >= 15 is 0 Å². The normalized spacial score (nSPS) is 9.70. The molecule has 0 bridgehead atoms. The topological polar surface area (TPSA) is 80.4 Å². The highest BCUT2D eigenvalue weighted by Gasteiger charge is 1.94. The fourth-order valence-electron chi connectivity index (χ4n) is 1.82. The minimum atomic E-state index is -0.711. The zero-order chi connectivity index (χ0) is 15.6. The molecule has 0 aromatic carbocycles. The van der Waals surface area contributed by atoms with Crippen LogP contribution in [-0.4, -0.2) is 17.0 Å². The fourth-order valence-corrected chi connectivity index (χ4v) is 1.82. The van der Waals surface area contributed by atoms with Crippen molar-refractivity contribution in [3.05, 3.63) is 0 Å². The maximum atomic E-state index is 10.4. The predicted octanol–water partition coefficient (Wildman–Crippen LogP) is 4.26. The summed E-state index contributed by atoms with van der Waals surface area (Å²) in [5.41, 5.74) is 5.05. The number of aliphatic carboxylic acids is 1. The Morgan fingerprint density at radius 3 is 1.50 bits per heavy atom. The molecule has 0 unspecified atom stereocenters. The van der Waals surface area contributed by atoms with Gasteiger partial charge >= 0.3 is 5.97 Å². The van der Waals surface area contributed by atoms with E-state index in [-0.39, 0.29) is 5.91 Å². The van der Waals surface area contributed by atoms with E-state index in [2.05, 4.69) is 6.92 Å². The largest absolute Gasteiger partial charge is 0.481 e. The lowest BCUT2D eigenvalue weighted by Gasteiger charge is -2.00. The third-order valence-electron chi connectivity index (χ3n) is 2.99. The van der Waals surface area contributed by atoms with E-state index in [1.54, 1.807) is 0 Å². The summed E-state index contributed by atoms with van der Waals surface area (Å²) < 4.78 is 0. The van der Waals surface area contributed by atoms with Crippen molar-refractivity contribution in [3.63, 3.8) is 0 Å². The Balaban J connectivity index is 0. The highest BCUT2D eigenvalue weighted by atomic mass is 16.4. The number of carboxylic acid groups (broad SMARTS) is 1. The van der Waals surface area contributed by atoms with Crippen molar-refractivity contribution in [1.82, 2.24) is 0 Å². The van der Waals surface area contributed by atoms with E-state index in [1.165, 1.54) is 44.9 Å². The molecule has 0 heterocycles. The van der Waals surface area contributed by atoms with Gasteiger partial charge in [0.05, 0.1) is 0 Å². The van der Waals surface area contributed by atoms with E-state index in [0.717, 1.165) is 19.3 Å². The Morgan fingerprint density at radius 1 is 0.750 bits per heavy atom. The molecule has 0 saturated carbocycles. The van der Waals surface area contributed by atoms with Gasteiger partial charge in [-0.2, -0.15) is 0 Å². The van der Waals surface area contributed by atoms with Gasteiger partial charge in [-0.15, -0.1) is 0 Å². The second kappa shape index (κ2) is 17.9. The van der Waals surface area contributed by atoms with Crippen molar-refractivity contribution in [2.24, 2.45) is 5.73 Å². The number of amides is 1. The third-order valence-corrected chi connectivity index (χ3v) is 2.99. The van der Waals surface area contributed by atoms with Crippen LogP contribution in [0.25, 0.3) is 0 Å². The molecule has 0 aliphatic heterocycles. The molecule has 20 heavy (non-hydrogen) atoms. The van der Waals surface area contributed by atoms with Crippen LogP contribution in [-0.2, 0) is 9.59 Å². The van der Waals surface area contributed by atoms with Crippen LogP contribution in [0.5, 0.6) is 0 Å². The lowest BCUT2D eigenvalue weighted by atomic mass is 10.1. The number of rotatable bonds is 12. The number of hydrogen-bond donors (Lipinski definition) is 2. The standard InChI is InChI=1S/C12H25NO.C4H8O2/c1-2-3-4-5-6-7-8-9-10-11-12(13)14;1-2-3-4(5)6/h2-11H2,1H3,(H2,13,14);2-3H2,1H3,(H,5,6). The highest BCUT2D eigenvalue weighted by molar-refractivity contribution is 5.73. The molecule has 0 aliphatic rings. The maximum Gasteiger partial charge on any atom is 0.303 e. The van der Waals surface area contributed by atoms with Gasteiger partial charge in [0.25, 0.3) is 0 Å². The van der Waals surface area contributed by atoms with E-state index in [9.17, 15) is 9.59 Å². The molecule has 0 aromatic heterocycles. The number of nitrogens with two attached hydrogens (primary N) is 1. The third kappa shape index (κ3) is 25.7. The summed E-state index contributed by atoms with van der Waals surface area (Å²) in [7, 11) is 0. The first-order valence-corrected chi connectivity index (χ1v) is 8.04. The van der Waals surface area contributed by atoms with Crippen molar-refractivity contribution in [2.75, 3.05) is 0 Å². The van der Waals surface area contributed by atoms with Crippen molar-refractivity contribution < 1.29 is 14.7 Å². The molecule has 0 aliphatic carbocycles. The van der Waals surface area contributed by atoms with Crippen LogP contribution in [0.4, 0.5) is 0 Å². The highest BCUT2D eigenvalue weighted by Crippen LogP contribution is 2.10. The van der Waals surface area contributed by atoms with Gasteiger partial charge in [0.15, 0.2) is 0 Å². The summed E-state index contributed by atoms with van der Waals surface area (Å²) in [6, 6.07) is 0. The molecule has 1 amide bonds. The SMILES string of the molecule is CCCC(=O)O.CCCCCCCCCCCC(N)=O. The number of hydrogen-bond acceptors (Lipinski definition) is 2. The Labute approximate surface area is 124 Å². The summed E-state index contributed by atoms with van der Waals surface area (Å²) in [4.78, 5) is 20.0. The molecule has 0 spiro atoms. The van der Waals surface area contributed by atoms with E-state index in [1.807, 2.05) is 6.92 Å². The van der Waals surface area contributed by atoms with Crippen LogP contribution >= 0.6 is 0 Å². The Bertz CT molecular complexity index is 230. The number of carbonyl (C=O) groups is 2. The van der Waals surface area contributed by atoms with Gasteiger partial charge in [0.1, 0.15) is 0 Å². The van der Waals surface area contributed by atoms with Gasteiger partial charge in [-0.1, -0.05) is 65.2 Å². The van der Waals surface area contributed by atoms with Crippen molar-refractivity contribution >= 4 is 11.9 Å². The molecule has 0 rings (SSSR count). The number of unbranched alkanes of at least 4 members (excludes halogenated alkanes) is 8. The van der Waals surface area contributed by atoms with Crippen molar-refractivity contribution in [3.8, 4) is 0 Å². The van der Waals surface area contributed by atoms with Gasteiger partial charge in [-0.3, -0.25) is 9.59 Å². The molecule has 0 saturated heterocycles. The summed E-state index contributed by atoms with van der Waals surface area (Å²) >= 11 is 0. The second-order valence-corrected chi connectivity index (χ2v) is 5.19. The van der Waals surface area contributed by atoms with Gasteiger partial charge < -0.3 is 10.8 Å². The monoisotopic (exact) mass is 287 g/mol. The van der Waals surface area contributed by atoms with Crippen LogP contribution in [0.1, 0.15) is 90.9 Å². The van der Waals surface area contributed by atoms with E-state index < -0.39 is 5.97 Å². The minimum absolute atomic E-state index is 0.159. The summed E-state index contributed by atoms with van der Waals surface area (Å²) in [6.45, 7) is 4.08. The van der Waals surface area contributed by atoms with Gasteiger partial charge in [-0.25, -0.2) is 0 Å². The number of carboxylic acids is 1. The number of carbonyl (C=O) groups excluding carboxylic acids is 1. The van der Waals surface area contributed by atoms with Crippen LogP contribution in [0.3, 0.4) is 0 Å². The van der Waals surface area contributed by atoms with Crippen LogP contribution in [0.15, 0.2) is 0 Å². The molecule has 0 atom stereocenters. The molecule has 4 nitrogen and oxygen atoms in total. The smallest absolute Gasteiger partial charge is 0.303 e. The van der Waals surface area contributed by atoms with Crippen LogP contribution < -0.4 is 5.73 Å². The van der Waals surface area contributed by atoms with Crippen molar-refractivity contribution in [1.29, 1.82) is 0 Å². The molecule has 3 N–H and O–H groups in total. The minimum Gasteiger partial charge on any atom is -0.481 e. The van der Waals surface area contributed by atoms with E-state index in [4.69, 9.17) is 10.8 Å².